The van der Waals surface area contributed by atoms with Gasteiger partial charge in [-0.3, -0.25) is 0 Å². The third-order valence-electron chi connectivity index (χ3n) is 3.52. The molecule has 0 spiro atoms. The molecule has 0 radical (unpaired) electrons. The second-order valence-electron chi connectivity index (χ2n) is 4.77. The number of hydrogen-bond donors (Lipinski definition) is 1. The molecule has 2 atom stereocenters. The van der Waals surface area contributed by atoms with Crippen LogP contribution < -0.4 is 10.5 Å². The molecule has 0 amide bonds. The fourth-order valence-electron chi connectivity index (χ4n) is 2.45. The fraction of sp³-hybridized carbons (Fsp3) is 0.538. The fourth-order valence-corrected chi connectivity index (χ4v) is 2.45. The highest BCUT2D eigenvalue weighted by molar-refractivity contribution is 5.31. The van der Waals surface area contributed by atoms with Crippen molar-refractivity contribution >= 4 is 0 Å². The van der Waals surface area contributed by atoms with Crippen molar-refractivity contribution < 1.29 is 17.9 Å². The van der Waals surface area contributed by atoms with E-state index in [-0.39, 0.29) is 24.3 Å². The van der Waals surface area contributed by atoms with Crippen LogP contribution >= 0.6 is 0 Å². The minimum atomic E-state index is -2.66. The summed E-state index contributed by atoms with van der Waals surface area (Å²) in [5.41, 5.74) is 6.18. The number of methoxy groups -OCH3 is 1. The smallest absolute Gasteiger partial charge is 0.248 e. The maximum atomic E-state index is 13.8. The molecule has 2 nitrogen and oxygen atoms in total. The van der Waals surface area contributed by atoms with Gasteiger partial charge in [-0.2, -0.15) is 0 Å². The van der Waals surface area contributed by atoms with Crippen molar-refractivity contribution in [3.63, 3.8) is 0 Å². The van der Waals surface area contributed by atoms with Crippen LogP contribution in [0.1, 0.15) is 30.9 Å². The summed E-state index contributed by atoms with van der Waals surface area (Å²) in [5, 5.41) is 0. The predicted molar refractivity (Wildman–Crippen MR) is 62.2 cm³/mol. The first-order chi connectivity index (χ1) is 8.43. The number of halogens is 3. The quantitative estimate of drug-likeness (QED) is 0.904. The van der Waals surface area contributed by atoms with Gasteiger partial charge in [-0.25, -0.2) is 13.2 Å². The first kappa shape index (κ1) is 13.2. The minimum absolute atomic E-state index is 0.164. The molecule has 0 aliphatic heterocycles. The van der Waals surface area contributed by atoms with E-state index in [4.69, 9.17) is 10.5 Å². The Balaban J connectivity index is 2.16. The van der Waals surface area contributed by atoms with Crippen molar-refractivity contribution in [2.75, 3.05) is 7.11 Å². The molecule has 2 unspecified atom stereocenters. The topological polar surface area (TPSA) is 35.2 Å². The van der Waals surface area contributed by atoms with Gasteiger partial charge >= 0.3 is 0 Å². The van der Waals surface area contributed by atoms with E-state index >= 15 is 0 Å². The van der Waals surface area contributed by atoms with Crippen LogP contribution in [0.25, 0.3) is 0 Å². The molecule has 1 aliphatic carbocycles. The van der Waals surface area contributed by atoms with Crippen molar-refractivity contribution in [2.24, 2.45) is 11.7 Å². The van der Waals surface area contributed by atoms with E-state index in [0.717, 1.165) is 0 Å². The molecule has 1 fully saturated rings. The van der Waals surface area contributed by atoms with Crippen LogP contribution in [0, 0.1) is 11.7 Å². The largest absolute Gasteiger partial charge is 0.497 e. The molecule has 0 heterocycles. The molecular weight excluding hydrogens is 243 g/mol. The van der Waals surface area contributed by atoms with Gasteiger partial charge in [-0.15, -0.1) is 0 Å². The predicted octanol–water partition coefficient (Wildman–Crippen LogP) is 3.27. The molecular formula is C13H16F3NO. The van der Waals surface area contributed by atoms with Gasteiger partial charge in [0.15, 0.2) is 0 Å². The summed E-state index contributed by atoms with van der Waals surface area (Å²) in [6.45, 7) is 0. The van der Waals surface area contributed by atoms with Gasteiger partial charge in [0.25, 0.3) is 0 Å². The van der Waals surface area contributed by atoms with E-state index in [1.807, 2.05) is 0 Å². The van der Waals surface area contributed by atoms with Crippen molar-refractivity contribution in [1.29, 1.82) is 0 Å². The second-order valence-corrected chi connectivity index (χ2v) is 4.77. The normalized spacial score (nSPS) is 23.9. The SMILES string of the molecule is COc1ccc(C(N)C2CCC(F)(F)C2)c(F)c1. The van der Waals surface area contributed by atoms with Crippen LogP contribution in [0.15, 0.2) is 18.2 Å². The van der Waals surface area contributed by atoms with E-state index in [2.05, 4.69) is 0 Å². The number of ether oxygens (including phenoxy) is 1. The molecule has 18 heavy (non-hydrogen) atoms. The molecule has 1 saturated carbocycles. The second kappa shape index (κ2) is 4.80. The maximum absolute atomic E-state index is 13.8. The van der Waals surface area contributed by atoms with Crippen molar-refractivity contribution in [1.82, 2.24) is 0 Å². The van der Waals surface area contributed by atoms with E-state index in [9.17, 15) is 13.2 Å². The molecule has 1 aromatic rings. The Morgan fingerprint density at radius 2 is 2.17 bits per heavy atom. The zero-order valence-electron chi connectivity index (χ0n) is 10.1. The van der Waals surface area contributed by atoms with Crippen molar-refractivity contribution in [3.8, 4) is 5.75 Å². The first-order valence-electron chi connectivity index (χ1n) is 5.90. The standard InChI is InChI=1S/C13H16F3NO/c1-18-9-2-3-10(11(14)6-9)12(17)8-4-5-13(15,16)7-8/h2-3,6,8,12H,4-5,7,17H2,1H3. The molecule has 1 aromatic carbocycles. The van der Waals surface area contributed by atoms with Crippen LogP contribution in [0.2, 0.25) is 0 Å². The highest BCUT2D eigenvalue weighted by Crippen LogP contribution is 2.44. The minimum Gasteiger partial charge on any atom is -0.497 e. The Kier molecular flexibility index (Phi) is 3.52. The third-order valence-corrected chi connectivity index (χ3v) is 3.52. The van der Waals surface area contributed by atoms with Crippen LogP contribution in [-0.2, 0) is 0 Å². The Morgan fingerprint density at radius 1 is 1.44 bits per heavy atom. The average molecular weight is 259 g/mol. The van der Waals surface area contributed by atoms with Gasteiger partial charge in [-0.1, -0.05) is 6.07 Å². The van der Waals surface area contributed by atoms with E-state index in [0.29, 0.717) is 12.2 Å². The lowest BCUT2D eigenvalue weighted by Crippen LogP contribution is -2.22. The highest BCUT2D eigenvalue weighted by atomic mass is 19.3. The van der Waals surface area contributed by atoms with Gasteiger partial charge in [0, 0.05) is 30.5 Å². The van der Waals surface area contributed by atoms with Crippen molar-refractivity contribution in [2.45, 2.75) is 31.2 Å². The molecule has 2 N–H and O–H groups in total. The highest BCUT2D eigenvalue weighted by Gasteiger charge is 2.42. The molecule has 5 heteroatoms. The Bertz CT molecular complexity index is 436. The summed E-state index contributed by atoms with van der Waals surface area (Å²) in [4.78, 5) is 0. The molecule has 100 valence electrons. The van der Waals surface area contributed by atoms with Crippen molar-refractivity contribution in [3.05, 3.63) is 29.6 Å². The molecule has 2 rings (SSSR count). The number of benzene rings is 1. The van der Waals surface area contributed by atoms with E-state index < -0.39 is 17.8 Å². The average Bonchev–Trinajstić information content (AvgIpc) is 2.68. The first-order valence-corrected chi connectivity index (χ1v) is 5.90. The summed E-state index contributed by atoms with van der Waals surface area (Å²) < 4.78 is 44.9. The summed E-state index contributed by atoms with van der Waals surface area (Å²) >= 11 is 0. The summed E-state index contributed by atoms with van der Waals surface area (Å²) in [6, 6.07) is 3.63. The van der Waals surface area contributed by atoms with Crippen LogP contribution in [-0.4, -0.2) is 13.0 Å². The zero-order chi connectivity index (χ0) is 13.3. The number of rotatable bonds is 3. The maximum Gasteiger partial charge on any atom is 0.248 e. The summed E-state index contributed by atoms with van der Waals surface area (Å²) in [6.07, 6.45) is -0.0948. The lowest BCUT2D eigenvalue weighted by atomic mass is 9.92. The third kappa shape index (κ3) is 2.61. The number of hydrogen-bond acceptors (Lipinski definition) is 2. The number of nitrogens with two attached hydrogens (primary N) is 1. The van der Waals surface area contributed by atoms with Crippen LogP contribution in [0.5, 0.6) is 5.75 Å². The summed E-state index contributed by atoms with van der Waals surface area (Å²) in [5.74, 6) is -3.15. The van der Waals surface area contributed by atoms with Gasteiger partial charge in [0.05, 0.1) is 7.11 Å². The Morgan fingerprint density at radius 3 is 2.67 bits per heavy atom. The molecule has 0 bridgehead atoms. The van der Waals surface area contributed by atoms with Crippen LogP contribution in [0.4, 0.5) is 13.2 Å². The zero-order valence-corrected chi connectivity index (χ0v) is 10.1. The lowest BCUT2D eigenvalue weighted by Gasteiger charge is -2.20. The molecule has 0 saturated heterocycles. The monoisotopic (exact) mass is 259 g/mol. The van der Waals surface area contributed by atoms with E-state index in [1.165, 1.54) is 19.2 Å². The van der Waals surface area contributed by atoms with Gasteiger partial charge in [0.2, 0.25) is 5.92 Å². The van der Waals surface area contributed by atoms with E-state index in [1.54, 1.807) is 6.07 Å². The number of alkyl halides is 2. The van der Waals surface area contributed by atoms with Gasteiger partial charge in [0.1, 0.15) is 11.6 Å². The molecule has 1 aliphatic rings. The van der Waals surface area contributed by atoms with Gasteiger partial charge in [-0.05, 0) is 18.4 Å². The lowest BCUT2D eigenvalue weighted by molar-refractivity contribution is 0.00385. The molecule has 0 aromatic heterocycles. The Labute approximate surface area is 104 Å². The van der Waals surface area contributed by atoms with Crippen LogP contribution in [0.3, 0.4) is 0 Å². The van der Waals surface area contributed by atoms with Gasteiger partial charge < -0.3 is 10.5 Å². The Hall–Kier alpha value is -1.23. The summed E-state index contributed by atoms with van der Waals surface area (Å²) in [7, 11) is 1.44.